The van der Waals surface area contributed by atoms with Gasteiger partial charge >= 0.3 is 39.5 Å². The molecule has 0 aliphatic heterocycles. The summed E-state index contributed by atoms with van der Waals surface area (Å²) in [5.41, 5.74) is 0. The molecule has 0 aromatic carbocycles. The minimum absolute atomic E-state index is 0.107. The van der Waals surface area contributed by atoms with Gasteiger partial charge in [0.15, 0.2) is 12.2 Å². The van der Waals surface area contributed by atoms with Gasteiger partial charge in [-0.3, -0.25) is 37.3 Å². The lowest BCUT2D eigenvalue weighted by Crippen LogP contribution is -2.30. The van der Waals surface area contributed by atoms with E-state index in [0.29, 0.717) is 31.6 Å². The fourth-order valence-electron chi connectivity index (χ4n) is 11.7. The molecule has 0 saturated carbocycles. The van der Waals surface area contributed by atoms with Crippen LogP contribution in [0.2, 0.25) is 0 Å². The molecule has 3 N–H and O–H groups in total. The van der Waals surface area contributed by atoms with Gasteiger partial charge in [0.05, 0.1) is 26.4 Å². The van der Waals surface area contributed by atoms with Crippen LogP contribution in [0.4, 0.5) is 0 Å². The van der Waals surface area contributed by atoms with E-state index < -0.39 is 97.5 Å². The Hall–Kier alpha value is -1.94. The predicted molar refractivity (Wildman–Crippen MR) is 386 cm³/mol. The van der Waals surface area contributed by atoms with Gasteiger partial charge in [-0.1, -0.05) is 343 Å². The van der Waals surface area contributed by atoms with Gasteiger partial charge in [0, 0.05) is 25.7 Å². The summed E-state index contributed by atoms with van der Waals surface area (Å²) in [6.45, 7) is 9.58. The van der Waals surface area contributed by atoms with E-state index in [9.17, 15) is 43.2 Å². The van der Waals surface area contributed by atoms with Crippen LogP contribution in [-0.2, 0) is 65.4 Å². The van der Waals surface area contributed by atoms with Gasteiger partial charge in [0.2, 0.25) is 0 Å². The molecule has 0 radical (unpaired) electrons. The largest absolute Gasteiger partial charge is 0.472 e. The smallest absolute Gasteiger partial charge is 0.462 e. The van der Waals surface area contributed by atoms with Gasteiger partial charge in [-0.2, -0.15) is 0 Å². The number of unbranched alkanes of at least 4 members (excludes halogenated alkanes) is 45. The van der Waals surface area contributed by atoms with Crippen LogP contribution in [0.5, 0.6) is 0 Å². The second-order valence-corrected chi connectivity index (χ2v) is 31.3. The van der Waals surface area contributed by atoms with E-state index in [4.69, 9.17) is 37.0 Å². The number of esters is 4. The van der Waals surface area contributed by atoms with Gasteiger partial charge in [0.1, 0.15) is 19.3 Å². The van der Waals surface area contributed by atoms with Crippen molar-refractivity contribution >= 4 is 39.5 Å². The van der Waals surface area contributed by atoms with E-state index in [1.165, 1.54) is 205 Å². The summed E-state index contributed by atoms with van der Waals surface area (Å²) in [5.74, 6) is -0.600. The van der Waals surface area contributed by atoms with Crippen LogP contribution in [-0.4, -0.2) is 96.7 Å². The lowest BCUT2D eigenvalue weighted by atomic mass is 10.0. The van der Waals surface area contributed by atoms with E-state index in [0.717, 1.165) is 102 Å². The highest BCUT2D eigenvalue weighted by molar-refractivity contribution is 7.47. The molecule has 0 aliphatic carbocycles. The third-order valence-corrected chi connectivity index (χ3v) is 19.6. The van der Waals surface area contributed by atoms with Crippen molar-refractivity contribution < 1.29 is 80.2 Å². The quantitative estimate of drug-likeness (QED) is 0.0222. The van der Waals surface area contributed by atoms with Crippen LogP contribution in [0.25, 0.3) is 0 Å². The number of phosphoric ester groups is 2. The summed E-state index contributed by atoms with van der Waals surface area (Å²) in [4.78, 5) is 72.8. The zero-order valence-electron chi connectivity index (χ0n) is 62.0. The maximum atomic E-state index is 13.1. The average Bonchev–Trinajstić information content (AvgIpc) is 1.72. The van der Waals surface area contributed by atoms with Gasteiger partial charge in [-0.15, -0.1) is 0 Å². The Kier molecular flexibility index (Phi) is 66.5. The number of hydrogen-bond donors (Lipinski definition) is 3. The number of hydrogen-bond acceptors (Lipinski definition) is 15. The average molecular weight is 1400 g/mol. The van der Waals surface area contributed by atoms with Crippen molar-refractivity contribution in [2.45, 2.75) is 413 Å². The van der Waals surface area contributed by atoms with E-state index in [-0.39, 0.29) is 25.7 Å². The second kappa shape index (κ2) is 67.9. The molecule has 0 aliphatic rings. The van der Waals surface area contributed by atoms with Crippen LogP contribution in [0.1, 0.15) is 395 Å². The van der Waals surface area contributed by atoms with E-state index in [1.54, 1.807) is 0 Å². The number of aliphatic hydroxyl groups excluding tert-OH is 1. The lowest BCUT2D eigenvalue weighted by molar-refractivity contribution is -0.161. The first-order valence-corrected chi connectivity index (χ1v) is 42.5. The van der Waals surface area contributed by atoms with Crippen molar-refractivity contribution in [3.05, 3.63) is 0 Å². The van der Waals surface area contributed by atoms with E-state index in [1.807, 2.05) is 0 Å². The van der Waals surface area contributed by atoms with E-state index >= 15 is 0 Å². The molecule has 5 atom stereocenters. The Morgan fingerprint density at radius 1 is 0.284 bits per heavy atom. The SMILES string of the molecule is CCCCCCCCCCCCCCCC(=O)OC[C@H](COP(=O)(O)OC[C@@H](O)COP(=O)(O)OC[C@@H](COC(=O)CCCCCCCCCC(C)C)OC(=O)CCCCCCCCCCCCCCC)OC(=O)CCCCCCCCCCCCCCCCCCC(C)C. The third kappa shape index (κ3) is 70.3. The van der Waals surface area contributed by atoms with Crippen LogP contribution in [0.3, 0.4) is 0 Å². The Labute approximate surface area is 581 Å². The Morgan fingerprint density at radius 2 is 0.484 bits per heavy atom. The molecule has 17 nitrogen and oxygen atoms in total. The summed E-state index contributed by atoms with van der Waals surface area (Å²) < 4.78 is 68.5. The van der Waals surface area contributed by atoms with Crippen molar-refractivity contribution in [3.63, 3.8) is 0 Å². The van der Waals surface area contributed by atoms with Crippen molar-refractivity contribution in [2.24, 2.45) is 11.8 Å². The molecule has 0 rings (SSSR count). The number of carbonyl (C=O) groups excluding carboxylic acids is 4. The van der Waals surface area contributed by atoms with E-state index in [2.05, 4.69) is 41.5 Å². The Morgan fingerprint density at radius 3 is 0.716 bits per heavy atom. The number of phosphoric acid groups is 2. The standard InChI is InChI=1S/C76H148O17P2/c1-7-9-11-13-15-17-19-25-30-34-40-46-52-58-73(78)86-64-71(92-76(81)61-55-49-42-36-32-28-24-22-21-23-27-29-33-38-44-50-56-68(3)4)66-90-94(82,83)88-62-70(77)63-89-95(84,85)91-67-72(65-87-74(79)59-53-47-43-37-39-45-51-57-69(5)6)93-75(80)60-54-48-41-35-31-26-20-18-16-14-12-10-8-2/h68-72,77H,7-67H2,1-6H3,(H,82,83)(H,84,85)/t70-,71-,72-/m1/s1. The summed E-state index contributed by atoms with van der Waals surface area (Å²) in [5, 5.41) is 10.6. The van der Waals surface area contributed by atoms with Gasteiger partial charge in [-0.05, 0) is 37.5 Å². The summed E-state index contributed by atoms with van der Waals surface area (Å²) >= 11 is 0. The predicted octanol–water partition coefficient (Wildman–Crippen LogP) is 22.3. The molecule has 0 aromatic heterocycles. The van der Waals surface area contributed by atoms with Gasteiger partial charge in [0.25, 0.3) is 0 Å². The van der Waals surface area contributed by atoms with Crippen LogP contribution >= 0.6 is 15.6 Å². The molecule has 0 spiro atoms. The van der Waals surface area contributed by atoms with Crippen LogP contribution in [0.15, 0.2) is 0 Å². The Bertz CT molecular complexity index is 1840. The highest BCUT2D eigenvalue weighted by Crippen LogP contribution is 2.45. The first-order valence-electron chi connectivity index (χ1n) is 39.5. The van der Waals surface area contributed by atoms with Crippen molar-refractivity contribution in [1.29, 1.82) is 0 Å². The minimum atomic E-state index is -4.96. The van der Waals surface area contributed by atoms with Crippen molar-refractivity contribution in [3.8, 4) is 0 Å². The monoisotopic (exact) mass is 1400 g/mol. The zero-order valence-corrected chi connectivity index (χ0v) is 63.8. The maximum absolute atomic E-state index is 13.1. The second-order valence-electron chi connectivity index (χ2n) is 28.3. The third-order valence-electron chi connectivity index (χ3n) is 17.7. The molecule has 564 valence electrons. The molecule has 2 unspecified atom stereocenters. The molecular weight excluding hydrogens is 1250 g/mol. The number of carbonyl (C=O) groups is 4. The molecular formula is C76H148O17P2. The Balaban J connectivity index is 5.23. The molecule has 0 bridgehead atoms. The molecule has 0 saturated heterocycles. The van der Waals surface area contributed by atoms with Crippen LogP contribution < -0.4 is 0 Å². The minimum Gasteiger partial charge on any atom is -0.462 e. The zero-order chi connectivity index (χ0) is 70.0. The topological polar surface area (TPSA) is 237 Å². The lowest BCUT2D eigenvalue weighted by Gasteiger charge is -2.21. The normalized spacial score (nSPS) is 14.0. The fourth-order valence-corrected chi connectivity index (χ4v) is 13.2. The maximum Gasteiger partial charge on any atom is 0.472 e. The van der Waals surface area contributed by atoms with Crippen molar-refractivity contribution in [1.82, 2.24) is 0 Å². The summed E-state index contributed by atoms with van der Waals surface area (Å²) in [7, 11) is -9.91. The molecule has 95 heavy (non-hydrogen) atoms. The van der Waals surface area contributed by atoms with Crippen molar-refractivity contribution in [2.75, 3.05) is 39.6 Å². The number of rotatable bonds is 75. The highest BCUT2D eigenvalue weighted by Gasteiger charge is 2.30. The first-order chi connectivity index (χ1) is 45.9. The molecule has 0 amide bonds. The summed E-state index contributed by atoms with van der Waals surface area (Å²) in [6.07, 6.45) is 55.5. The fraction of sp³-hybridized carbons (Fsp3) is 0.947. The number of aliphatic hydroxyl groups is 1. The van der Waals surface area contributed by atoms with Crippen LogP contribution in [0, 0.1) is 11.8 Å². The molecule has 19 heteroatoms. The summed E-state index contributed by atoms with van der Waals surface area (Å²) in [6, 6.07) is 0. The molecule has 0 aromatic rings. The molecule has 0 fully saturated rings. The van der Waals surface area contributed by atoms with Gasteiger partial charge < -0.3 is 33.8 Å². The first kappa shape index (κ1) is 93.1. The highest BCUT2D eigenvalue weighted by atomic mass is 31.2. The molecule has 0 heterocycles. The van der Waals surface area contributed by atoms with Gasteiger partial charge in [-0.25, -0.2) is 9.13 Å². The number of ether oxygens (including phenoxy) is 4.